The Balaban J connectivity index is 2.87. The van der Waals surface area contributed by atoms with Crippen molar-refractivity contribution >= 4 is 11.6 Å². The number of amides is 1. The SMILES string of the molecule is CNC(C)C(=O)N(C)c1cccc(OC)c1. The number of rotatable bonds is 4. The number of anilines is 1. The molecule has 0 aliphatic rings. The minimum atomic E-state index is -0.198. The molecule has 1 atom stereocenters. The highest BCUT2D eigenvalue weighted by molar-refractivity contribution is 5.96. The fourth-order valence-electron chi connectivity index (χ4n) is 1.36. The summed E-state index contributed by atoms with van der Waals surface area (Å²) >= 11 is 0. The van der Waals surface area contributed by atoms with Gasteiger partial charge in [-0.05, 0) is 26.1 Å². The van der Waals surface area contributed by atoms with Gasteiger partial charge in [-0.25, -0.2) is 0 Å². The van der Waals surface area contributed by atoms with Gasteiger partial charge in [-0.1, -0.05) is 6.07 Å². The van der Waals surface area contributed by atoms with Gasteiger partial charge in [0.1, 0.15) is 5.75 Å². The number of nitrogens with one attached hydrogen (secondary N) is 1. The Kier molecular flexibility index (Phi) is 4.31. The third-order valence-corrected chi connectivity index (χ3v) is 2.57. The molecule has 1 aromatic rings. The number of likely N-dealkylation sites (N-methyl/N-ethyl adjacent to an activating group) is 2. The van der Waals surface area contributed by atoms with E-state index in [9.17, 15) is 4.79 Å². The van der Waals surface area contributed by atoms with Crippen molar-refractivity contribution in [2.24, 2.45) is 0 Å². The molecule has 0 fully saturated rings. The van der Waals surface area contributed by atoms with E-state index in [-0.39, 0.29) is 11.9 Å². The Bertz CT molecular complexity index is 366. The second-order valence-corrected chi connectivity index (χ2v) is 3.61. The van der Waals surface area contributed by atoms with Crippen LogP contribution in [0.25, 0.3) is 0 Å². The lowest BCUT2D eigenvalue weighted by Gasteiger charge is -2.21. The molecule has 1 unspecified atom stereocenters. The highest BCUT2D eigenvalue weighted by atomic mass is 16.5. The molecule has 1 N–H and O–H groups in total. The van der Waals surface area contributed by atoms with Crippen molar-refractivity contribution in [1.82, 2.24) is 5.32 Å². The molecular weight excluding hydrogens is 204 g/mol. The molecule has 0 aliphatic heterocycles. The monoisotopic (exact) mass is 222 g/mol. The molecule has 1 amide bonds. The minimum absolute atomic E-state index is 0.0238. The lowest BCUT2D eigenvalue weighted by Crippen LogP contribution is -2.41. The molecule has 0 heterocycles. The summed E-state index contributed by atoms with van der Waals surface area (Å²) in [5.41, 5.74) is 0.825. The van der Waals surface area contributed by atoms with E-state index in [4.69, 9.17) is 4.74 Å². The van der Waals surface area contributed by atoms with E-state index in [1.807, 2.05) is 31.2 Å². The topological polar surface area (TPSA) is 41.6 Å². The van der Waals surface area contributed by atoms with Crippen molar-refractivity contribution in [3.05, 3.63) is 24.3 Å². The second-order valence-electron chi connectivity index (χ2n) is 3.61. The van der Waals surface area contributed by atoms with Gasteiger partial charge >= 0.3 is 0 Å². The van der Waals surface area contributed by atoms with Crippen LogP contribution in [-0.4, -0.2) is 33.2 Å². The number of benzene rings is 1. The van der Waals surface area contributed by atoms with Gasteiger partial charge in [0.05, 0.1) is 13.2 Å². The molecular formula is C12H18N2O2. The Hall–Kier alpha value is -1.55. The number of nitrogens with zero attached hydrogens (tertiary/aromatic N) is 1. The standard InChI is InChI=1S/C12H18N2O2/c1-9(13-2)12(15)14(3)10-6-5-7-11(8-10)16-4/h5-9,13H,1-4H3. The summed E-state index contributed by atoms with van der Waals surface area (Å²) in [6.07, 6.45) is 0. The van der Waals surface area contributed by atoms with Crippen molar-refractivity contribution in [3.63, 3.8) is 0 Å². The highest BCUT2D eigenvalue weighted by Gasteiger charge is 2.16. The molecule has 1 aromatic carbocycles. The Morgan fingerprint density at radius 3 is 2.75 bits per heavy atom. The maximum atomic E-state index is 11.9. The predicted octanol–water partition coefficient (Wildman–Crippen LogP) is 1.27. The van der Waals surface area contributed by atoms with E-state index in [1.54, 1.807) is 26.1 Å². The van der Waals surface area contributed by atoms with Crippen LogP contribution in [0.5, 0.6) is 5.75 Å². The summed E-state index contributed by atoms with van der Waals surface area (Å²) in [4.78, 5) is 13.5. The van der Waals surface area contributed by atoms with Gasteiger partial charge in [0.25, 0.3) is 0 Å². The van der Waals surface area contributed by atoms with Crippen LogP contribution in [0.3, 0.4) is 0 Å². The van der Waals surface area contributed by atoms with Crippen LogP contribution in [0, 0.1) is 0 Å². The lowest BCUT2D eigenvalue weighted by molar-refractivity contribution is -0.119. The first-order valence-electron chi connectivity index (χ1n) is 5.19. The summed E-state index contributed by atoms with van der Waals surface area (Å²) in [7, 11) is 5.13. The maximum absolute atomic E-state index is 11.9. The maximum Gasteiger partial charge on any atom is 0.243 e. The zero-order chi connectivity index (χ0) is 12.1. The summed E-state index contributed by atoms with van der Waals surface area (Å²) in [6.45, 7) is 1.83. The average Bonchev–Trinajstić information content (AvgIpc) is 2.36. The molecule has 0 aromatic heterocycles. The third kappa shape index (κ3) is 2.73. The van der Waals surface area contributed by atoms with Crippen molar-refractivity contribution in [2.75, 3.05) is 26.1 Å². The van der Waals surface area contributed by atoms with Gasteiger partial charge in [0, 0.05) is 18.8 Å². The fraction of sp³-hybridized carbons (Fsp3) is 0.417. The van der Waals surface area contributed by atoms with Gasteiger partial charge in [0.15, 0.2) is 0 Å². The van der Waals surface area contributed by atoms with Crippen molar-refractivity contribution in [3.8, 4) is 5.75 Å². The number of hydrogen-bond acceptors (Lipinski definition) is 3. The first-order chi connectivity index (χ1) is 7.60. The fourth-order valence-corrected chi connectivity index (χ4v) is 1.36. The van der Waals surface area contributed by atoms with Crippen LogP contribution in [0.2, 0.25) is 0 Å². The van der Waals surface area contributed by atoms with Crippen LogP contribution in [0.4, 0.5) is 5.69 Å². The molecule has 0 aliphatic carbocycles. The lowest BCUT2D eigenvalue weighted by atomic mass is 10.2. The smallest absolute Gasteiger partial charge is 0.243 e. The van der Waals surface area contributed by atoms with E-state index in [0.717, 1.165) is 11.4 Å². The van der Waals surface area contributed by atoms with E-state index >= 15 is 0 Å². The van der Waals surface area contributed by atoms with Gasteiger partial charge in [-0.15, -0.1) is 0 Å². The summed E-state index contributed by atoms with van der Waals surface area (Å²) in [5.74, 6) is 0.769. The van der Waals surface area contributed by atoms with E-state index in [0.29, 0.717) is 0 Å². The Morgan fingerprint density at radius 2 is 2.19 bits per heavy atom. The molecule has 0 spiro atoms. The highest BCUT2D eigenvalue weighted by Crippen LogP contribution is 2.20. The largest absolute Gasteiger partial charge is 0.497 e. The number of carbonyl (C=O) groups is 1. The average molecular weight is 222 g/mol. The molecule has 0 saturated carbocycles. The summed E-state index contributed by atoms with van der Waals surface area (Å²) in [6, 6.07) is 7.23. The molecule has 16 heavy (non-hydrogen) atoms. The molecule has 0 saturated heterocycles. The molecule has 88 valence electrons. The number of hydrogen-bond donors (Lipinski definition) is 1. The Morgan fingerprint density at radius 1 is 1.50 bits per heavy atom. The van der Waals surface area contributed by atoms with Crippen molar-refractivity contribution in [2.45, 2.75) is 13.0 Å². The normalized spacial score (nSPS) is 12.0. The third-order valence-electron chi connectivity index (χ3n) is 2.57. The van der Waals surface area contributed by atoms with E-state index in [2.05, 4.69) is 5.32 Å². The molecule has 0 bridgehead atoms. The van der Waals surface area contributed by atoms with Gasteiger partial charge < -0.3 is 15.0 Å². The molecule has 4 nitrogen and oxygen atoms in total. The van der Waals surface area contributed by atoms with Crippen LogP contribution in [-0.2, 0) is 4.79 Å². The Labute approximate surface area is 96.2 Å². The minimum Gasteiger partial charge on any atom is -0.497 e. The number of methoxy groups -OCH3 is 1. The first kappa shape index (κ1) is 12.5. The molecule has 0 radical (unpaired) electrons. The van der Waals surface area contributed by atoms with Crippen LogP contribution in [0.1, 0.15) is 6.92 Å². The van der Waals surface area contributed by atoms with E-state index in [1.165, 1.54) is 0 Å². The van der Waals surface area contributed by atoms with Crippen molar-refractivity contribution in [1.29, 1.82) is 0 Å². The summed E-state index contributed by atoms with van der Waals surface area (Å²) in [5, 5.41) is 2.92. The number of carbonyl (C=O) groups excluding carboxylic acids is 1. The zero-order valence-electron chi connectivity index (χ0n) is 10.2. The van der Waals surface area contributed by atoms with Gasteiger partial charge in [0.2, 0.25) is 5.91 Å². The van der Waals surface area contributed by atoms with Crippen LogP contribution in [0.15, 0.2) is 24.3 Å². The quantitative estimate of drug-likeness (QED) is 0.834. The van der Waals surface area contributed by atoms with Gasteiger partial charge in [-0.2, -0.15) is 0 Å². The summed E-state index contributed by atoms with van der Waals surface area (Å²) < 4.78 is 5.12. The molecule has 1 rings (SSSR count). The predicted molar refractivity (Wildman–Crippen MR) is 64.9 cm³/mol. The van der Waals surface area contributed by atoms with E-state index < -0.39 is 0 Å². The van der Waals surface area contributed by atoms with Gasteiger partial charge in [-0.3, -0.25) is 4.79 Å². The van der Waals surface area contributed by atoms with Crippen molar-refractivity contribution < 1.29 is 9.53 Å². The van der Waals surface area contributed by atoms with Crippen LogP contribution < -0.4 is 15.0 Å². The number of ether oxygens (including phenoxy) is 1. The molecule has 4 heteroatoms. The zero-order valence-corrected chi connectivity index (χ0v) is 10.2. The second kappa shape index (κ2) is 5.51. The first-order valence-corrected chi connectivity index (χ1v) is 5.19. The van der Waals surface area contributed by atoms with Crippen LogP contribution >= 0.6 is 0 Å².